The molecular formula is C14H21N3OS. The van der Waals surface area contributed by atoms with E-state index < -0.39 is 0 Å². The van der Waals surface area contributed by atoms with Crippen molar-refractivity contribution in [2.24, 2.45) is 0 Å². The minimum absolute atomic E-state index is 0.0820. The average molecular weight is 279 g/mol. The number of carbonyl (C=O) groups is 1. The summed E-state index contributed by atoms with van der Waals surface area (Å²) in [5, 5.41) is 9.26. The molecule has 3 N–H and O–H groups in total. The van der Waals surface area contributed by atoms with Gasteiger partial charge >= 0.3 is 0 Å². The summed E-state index contributed by atoms with van der Waals surface area (Å²) in [7, 11) is 0. The largest absolute Gasteiger partial charge is 0.353 e. The van der Waals surface area contributed by atoms with E-state index in [1.54, 1.807) is 0 Å². The van der Waals surface area contributed by atoms with Crippen molar-refractivity contribution < 1.29 is 4.79 Å². The minimum Gasteiger partial charge on any atom is -0.353 e. The maximum atomic E-state index is 11.6. The molecule has 0 aliphatic heterocycles. The highest BCUT2D eigenvalue weighted by Gasteiger charge is 2.13. The van der Waals surface area contributed by atoms with Crippen molar-refractivity contribution in [2.45, 2.75) is 33.2 Å². The molecule has 104 valence electrons. The molecule has 1 rings (SSSR count). The highest BCUT2D eigenvalue weighted by atomic mass is 32.1. The van der Waals surface area contributed by atoms with E-state index in [0.29, 0.717) is 5.11 Å². The topological polar surface area (TPSA) is 53.2 Å². The number of anilines is 1. The predicted molar refractivity (Wildman–Crippen MR) is 83.3 cm³/mol. The summed E-state index contributed by atoms with van der Waals surface area (Å²) >= 11 is 5.15. The van der Waals surface area contributed by atoms with Crippen LogP contribution in [-0.2, 0) is 4.79 Å². The Morgan fingerprint density at radius 2 is 1.89 bits per heavy atom. The van der Waals surface area contributed by atoms with E-state index in [2.05, 4.69) is 16.0 Å². The highest BCUT2D eigenvalue weighted by molar-refractivity contribution is 7.80. The lowest BCUT2D eigenvalue weighted by Gasteiger charge is -2.21. The Morgan fingerprint density at radius 1 is 1.26 bits per heavy atom. The Kier molecular flexibility index (Phi) is 5.30. The fraction of sp³-hybridized carbons (Fsp3) is 0.429. The molecule has 4 nitrogen and oxygen atoms in total. The summed E-state index contributed by atoms with van der Waals surface area (Å²) in [5.41, 5.74) is 1.81. The van der Waals surface area contributed by atoms with Crippen LogP contribution in [0.2, 0.25) is 0 Å². The average Bonchev–Trinajstić information content (AvgIpc) is 2.27. The van der Waals surface area contributed by atoms with Crippen molar-refractivity contribution in [3.8, 4) is 0 Å². The van der Waals surface area contributed by atoms with Crippen LogP contribution in [0.1, 0.15) is 26.3 Å². The van der Waals surface area contributed by atoms with Gasteiger partial charge in [0.25, 0.3) is 0 Å². The Hall–Kier alpha value is -1.62. The summed E-state index contributed by atoms with van der Waals surface area (Å²) in [6, 6.07) is 7.84. The minimum atomic E-state index is -0.232. The fourth-order valence-corrected chi connectivity index (χ4v) is 1.68. The quantitative estimate of drug-likeness (QED) is 0.743. The van der Waals surface area contributed by atoms with Crippen molar-refractivity contribution in [1.82, 2.24) is 10.6 Å². The Bertz CT molecular complexity index is 466. The number of benzene rings is 1. The van der Waals surface area contributed by atoms with Gasteiger partial charge in [0.1, 0.15) is 0 Å². The molecule has 0 saturated heterocycles. The molecule has 1 aromatic rings. The van der Waals surface area contributed by atoms with Crippen molar-refractivity contribution in [2.75, 3.05) is 11.9 Å². The van der Waals surface area contributed by atoms with Gasteiger partial charge in [0.2, 0.25) is 5.91 Å². The molecule has 0 bridgehead atoms. The third kappa shape index (κ3) is 6.20. The van der Waals surface area contributed by atoms with E-state index in [1.807, 2.05) is 52.0 Å². The molecule has 0 saturated carbocycles. The van der Waals surface area contributed by atoms with Gasteiger partial charge in [-0.15, -0.1) is 0 Å². The van der Waals surface area contributed by atoms with Crippen LogP contribution in [0.5, 0.6) is 0 Å². The molecule has 19 heavy (non-hydrogen) atoms. The second-order valence-corrected chi connectivity index (χ2v) is 5.83. The Morgan fingerprint density at radius 3 is 2.47 bits per heavy atom. The van der Waals surface area contributed by atoms with Gasteiger partial charge in [-0.1, -0.05) is 18.2 Å². The van der Waals surface area contributed by atoms with E-state index in [1.165, 1.54) is 0 Å². The van der Waals surface area contributed by atoms with Gasteiger partial charge in [0.05, 0.1) is 6.54 Å². The molecular weight excluding hydrogens is 258 g/mol. The summed E-state index contributed by atoms with van der Waals surface area (Å²) in [4.78, 5) is 11.6. The maximum absolute atomic E-state index is 11.6. The van der Waals surface area contributed by atoms with Gasteiger partial charge in [-0.2, -0.15) is 0 Å². The first-order chi connectivity index (χ1) is 8.78. The van der Waals surface area contributed by atoms with E-state index in [0.717, 1.165) is 11.3 Å². The number of rotatable bonds is 3. The summed E-state index contributed by atoms with van der Waals surface area (Å²) < 4.78 is 0. The smallest absolute Gasteiger partial charge is 0.239 e. The SMILES string of the molecule is Cc1ccccc1NC(=S)NCC(=O)NC(C)(C)C. The zero-order chi connectivity index (χ0) is 14.5. The van der Waals surface area contributed by atoms with Gasteiger partial charge in [-0.05, 0) is 51.5 Å². The number of para-hydroxylation sites is 1. The lowest BCUT2D eigenvalue weighted by atomic mass is 10.1. The van der Waals surface area contributed by atoms with Gasteiger partial charge in [0.15, 0.2) is 5.11 Å². The molecule has 0 aliphatic carbocycles. The van der Waals surface area contributed by atoms with Crippen LogP contribution in [0, 0.1) is 6.92 Å². The number of hydrogen-bond donors (Lipinski definition) is 3. The summed E-state index contributed by atoms with van der Waals surface area (Å²) in [6.45, 7) is 7.98. The lowest BCUT2D eigenvalue weighted by Crippen LogP contribution is -2.46. The summed E-state index contributed by atoms with van der Waals surface area (Å²) in [6.07, 6.45) is 0. The second-order valence-electron chi connectivity index (χ2n) is 5.42. The molecule has 5 heteroatoms. The van der Waals surface area contributed by atoms with E-state index in [4.69, 9.17) is 12.2 Å². The standard InChI is InChI=1S/C14H21N3OS/c1-10-7-5-6-8-11(10)16-13(19)15-9-12(18)17-14(2,3)4/h5-8H,9H2,1-4H3,(H,17,18)(H2,15,16,19). The molecule has 0 atom stereocenters. The molecule has 0 spiro atoms. The third-order valence-corrected chi connectivity index (χ3v) is 2.56. The number of hydrogen-bond acceptors (Lipinski definition) is 2. The normalized spacial score (nSPS) is 10.7. The van der Waals surface area contributed by atoms with Gasteiger partial charge in [-0.25, -0.2) is 0 Å². The molecule has 1 amide bonds. The molecule has 0 aromatic heterocycles. The maximum Gasteiger partial charge on any atom is 0.239 e. The zero-order valence-corrected chi connectivity index (χ0v) is 12.6. The highest BCUT2D eigenvalue weighted by Crippen LogP contribution is 2.12. The molecule has 0 aliphatic rings. The van der Waals surface area contributed by atoms with Gasteiger partial charge < -0.3 is 16.0 Å². The lowest BCUT2D eigenvalue weighted by molar-refractivity contribution is -0.121. The van der Waals surface area contributed by atoms with Crippen LogP contribution < -0.4 is 16.0 Å². The molecule has 0 unspecified atom stereocenters. The van der Waals surface area contributed by atoms with Crippen molar-refractivity contribution in [3.63, 3.8) is 0 Å². The first-order valence-corrected chi connectivity index (χ1v) is 6.60. The molecule has 1 aromatic carbocycles. The predicted octanol–water partition coefficient (Wildman–Crippen LogP) is 2.20. The van der Waals surface area contributed by atoms with Crippen molar-refractivity contribution in [1.29, 1.82) is 0 Å². The van der Waals surface area contributed by atoms with Crippen LogP contribution in [0.4, 0.5) is 5.69 Å². The van der Waals surface area contributed by atoms with Crippen LogP contribution >= 0.6 is 12.2 Å². The van der Waals surface area contributed by atoms with E-state index >= 15 is 0 Å². The van der Waals surface area contributed by atoms with E-state index in [9.17, 15) is 4.79 Å². The summed E-state index contributed by atoms with van der Waals surface area (Å²) in [5.74, 6) is -0.0820. The van der Waals surface area contributed by atoms with Crippen LogP contribution in [0.25, 0.3) is 0 Å². The number of aryl methyl sites for hydroxylation is 1. The first kappa shape index (κ1) is 15.4. The molecule has 0 radical (unpaired) electrons. The van der Waals surface area contributed by atoms with Crippen molar-refractivity contribution >= 4 is 28.9 Å². The van der Waals surface area contributed by atoms with Crippen LogP contribution in [0.15, 0.2) is 24.3 Å². The zero-order valence-electron chi connectivity index (χ0n) is 11.8. The Labute approximate surface area is 120 Å². The number of amides is 1. The first-order valence-electron chi connectivity index (χ1n) is 6.19. The fourth-order valence-electron chi connectivity index (χ4n) is 1.50. The van der Waals surface area contributed by atoms with Crippen LogP contribution in [0.3, 0.4) is 0 Å². The number of nitrogens with one attached hydrogen (secondary N) is 3. The molecule has 0 heterocycles. The number of thiocarbonyl (C=S) groups is 1. The molecule has 0 fully saturated rings. The number of carbonyl (C=O) groups excluding carboxylic acids is 1. The second kappa shape index (κ2) is 6.52. The van der Waals surface area contributed by atoms with Crippen molar-refractivity contribution in [3.05, 3.63) is 29.8 Å². The van der Waals surface area contributed by atoms with E-state index in [-0.39, 0.29) is 18.0 Å². The van der Waals surface area contributed by atoms with Gasteiger partial charge in [-0.3, -0.25) is 4.79 Å². The van der Waals surface area contributed by atoms with Gasteiger partial charge in [0, 0.05) is 11.2 Å². The Balaban J connectivity index is 2.41. The third-order valence-electron chi connectivity index (χ3n) is 2.32. The van der Waals surface area contributed by atoms with Crippen LogP contribution in [-0.4, -0.2) is 23.1 Å². The monoisotopic (exact) mass is 279 g/mol.